The lowest BCUT2D eigenvalue weighted by Crippen LogP contribution is -2.26. The van der Waals surface area contributed by atoms with Crippen molar-refractivity contribution in [2.75, 3.05) is 7.05 Å². The average molecular weight is 254 g/mol. The van der Waals surface area contributed by atoms with Crippen LogP contribution in [0.25, 0.3) is 0 Å². The number of hydrogen-bond donors (Lipinski definition) is 1. The molecule has 0 radical (unpaired) electrons. The fraction of sp³-hybridized carbons (Fsp3) is 0.188. The van der Waals surface area contributed by atoms with E-state index in [0.717, 1.165) is 11.1 Å². The highest BCUT2D eigenvalue weighted by molar-refractivity contribution is 5.93. The molecule has 0 spiro atoms. The summed E-state index contributed by atoms with van der Waals surface area (Å²) in [5.41, 5.74) is 8.50. The average Bonchev–Trinajstić information content (AvgIpc) is 2.47. The van der Waals surface area contributed by atoms with Crippen LogP contribution in [0.4, 0.5) is 0 Å². The van der Waals surface area contributed by atoms with E-state index in [2.05, 4.69) is 0 Å². The smallest absolute Gasteiger partial charge is 0.253 e. The summed E-state index contributed by atoms with van der Waals surface area (Å²) in [6.07, 6.45) is 0. The molecule has 3 nitrogen and oxygen atoms in total. The first-order valence-corrected chi connectivity index (χ1v) is 6.29. The largest absolute Gasteiger partial charge is 0.337 e. The van der Waals surface area contributed by atoms with Gasteiger partial charge in [-0.25, -0.2) is 0 Å². The lowest BCUT2D eigenvalue weighted by Gasteiger charge is -2.17. The predicted octanol–water partition coefficient (Wildman–Crippen LogP) is 2.42. The minimum Gasteiger partial charge on any atom is -0.337 e. The van der Waals surface area contributed by atoms with Crippen LogP contribution in [0.3, 0.4) is 0 Å². The molecular weight excluding hydrogens is 236 g/mol. The number of nitrogens with two attached hydrogens (primary N) is 1. The van der Waals surface area contributed by atoms with Crippen molar-refractivity contribution in [2.24, 2.45) is 5.73 Å². The molecule has 2 aromatic rings. The molecule has 0 bridgehead atoms. The maximum atomic E-state index is 12.2. The summed E-state index contributed by atoms with van der Waals surface area (Å²) in [4.78, 5) is 13.9. The molecule has 0 saturated heterocycles. The number of rotatable bonds is 4. The molecule has 0 aliphatic heterocycles. The van der Waals surface area contributed by atoms with E-state index in [9.17, 15) is 4.79 Å². The monoisotopic (exact) mass is 254 g/mol. The fourth-order valence-electron chi connectivity index (χ4n) is 2.00. The Labute approximate surface area is 113 Å². The normalized spacial score (nSPS) is 10.2. The van der Waals surface area contributed by atoms with Gasteiger partial charge in [-0.05, 0) is 23.3 Å². The zero-order valence-corrected chi connectivity index (χ0v) is 11.0. The van der Waals surface area contributed by atoms with Crippen molar-refractivity contribution in [3.05, 3.63) is 71.3 Å². The Hall–Kier alpha value is -2.13. The minimum absolute atomic E-state index is 0.0266. The number of nitrogens with zero attached hydrogens (tertiary/aromatic N) is 1. The Morgan fingerprint density at radius 3 is 2.42 bits per heavy atom. The Morgan fingerprint density at radius 2 is 1.74 bits per heavy atom. The molecule has 0 fully saturated rings. The molecule has 0 aliphatic carbocycles. The third-order valence-corrected chi connectivity index (χ3v) is 3.01. The van der Waals surface area contributed by atoms with Gasteiger partial charge in [-0.15, -0.1) is 0 Å². The van der Waals surface area contributed by atoms with Crippen LogP contribution in [0, 0.1) is 0 Å². The third-order valence-electron chi connectivity index (χ3n) is 3.01. The van der Waals surface area contributed by atoms with Gasteiger partial charge in [0.25, 0.3) is 5.91 Å². The van der Waals surface area contributed by atoms with Gasteiger partial charge in [0.05, 0.1) is 0 Å². The van der Waals surface area contributed by atoms with Gasteiger partial charge >= 0.3 is 0 Å². The second-order valence-electron chi connectivity index (χ2n) is 4.55. The lowest BCUT2D eigenvalue weighted by molar-refractivity contribution is 0.0785. The highest BCUT2D eigenvalue weighted by atomic mass is 16.2. The van der Waals surface area contributed by atoms with Crippen molar-refractivity contribution < 1.29 is 4.79 Å². The molecule has 3 heteroatoms. The van der Waals surface area contributed by atoms with Crippen LogP contribution in [-0.4, -0.2) is 17.9 Å². The first-order valence-electron chi connectivity index (χ1n) is 6.29. The Bertz CT molecular complexity index is 552. The van der Waals surface area contributed by atoms with E-state index < -0.39 is 0 Å². The quantitative estimate of drug-likeness (QED) is 0.910. The molecule has 19 heavy (non-hydrogen) atoms. The molecule has 0 aliphatic rings. The van der Waals surface area contributed by atoms with Crippen LogP contribution in [0.1, 0.15) is 21.5 Å². The highest BCUT2D eigenvalue weighted by Gasteiger charge is 2.11. The van der Waals surface area contributed by atoms with Gasteiger partial charge in [0.1, 0.15) is 0 Å². The molecular formula is C16H18N2O. The molecule has 1 amide bonds. The summed E-state index contributed by atoms with van der Waals surface area (Å²) in [6.45, 7) is 1.10. The van der Waals surface area contributed by atoms with E-state index in [4.69, 9.17) is 5.73 Å². The number of amides is 1. The molecule has 0 unspecified atom stereocenters. The maximum Gasteiger partial charge on any atom is 0.253 e. The van der Waals surface area contributed by atoms with Crippen LogP contribution < -0.4 is 5.73 Å². The fourth-order valence-corrected chi connectivity index (χ4v) is 2.00. The predicted molar refractivity (Wildman–Crippen MR) is 76.6 cm³/mol. The molecule has 0 atom stereocenters. The number of benzene rings is 2. The van der Waals surface area contributed by atoms with Crippen LogP contribution in [0.5, 0.6) is 0 Å². The minimum atomic E-state index is 0.0266. The molecule has 0 aromatic heterocycles. The molecule has 2 rings (SSSR count). The summed E-state index contributed by atoms with van der Waals surface area (Å²) >= 11 is 0. The van der Waals surface area contributed by atoms with E-state index >= 15 is 0 Å². The van der Waals surface area contributed by atoms with Crippen LogP contribution in [0.2, 0.25) is 0 Å². The van der Waals surface area contributed by atoms with E-state index in [-0.39, 0.29) is 5.91 Å². The summed E-state index contributed by atoms with van der Waals surface area (Å²) in [7, 11) is 1.81. The SMILES string of the molecule is CN(Cc1cccc(CN)c1)C(=O)c1ccccc1. The van der Waals surface area contributed by atoms with Gasteiger partial charge in [0, 0.05) is 25.7 Å². The molecule has 0 heterocycles. The molecule has 2 aromatic carbocycles. The molecule has 0 saturated carbocycles. The Morgan fingerprint density at radius 1 is 1.05 bits per heavy atom. The van der Waals surface area contributed by atoms with Crippen molar-refractivity contribution in [3.63, 3.8) is 0 Å². The van der Waals surface area contributed by atoms with Gasteiger partial charge in [-0.3, -0.25) is 4.79 Å². The van der Waals surface area contributed by atoms with Gasteiger partial charge in [-0.2, -0.15) is 0 Å². The number of carbonyl (C=O) groups is 1. The summed E-state index contributed by atoms with van der Waals surface area (Å²) < 4.78 is 0. The van der Waals surface area contributed by atoms with E-state index in [1.54, 1.807) is 4.90 Å². The maximum absolute atomic E-state index is 12.2. The first-order chi connectivity index (χ1) is 9.20. The van der Waals surface area contributed by atoms with Gasteiger partial charge < -0.3 is 10.6 Å². The van der Waals surface area contributed by atoms with Crippen molar-refractivity contribution in [1.29, 1.82) is 0 Å². The topological polar surface area (TPSA) is 46.3 Å². The Balaban J connectivity index is 2.08. The molecule has 2 N–H and O–H groups in total. The van der Waals surface area contributed by atoms with Crippen molar-refractivity contribution in [1.82, 2.24) is 4.90 Å². The second-order valence-corrected chi connectivity index (χ2v) is 4.55. The first kappa shape index (κ1) is 13.3. The van der Waals surface area contributed by atoms with Crippen molar-refractivity contribution >= 4 is 5.91 Å². The number of carbonyl (C=O) groups excluding carboxylic acids is 1. The van der Waals surface area contributed by atoms with Crippen molar-refractivity contribution in [3.8, 4) is 0 Å². The van der Waals surface area contributed by atoms with Crippen LogP contribution >= 0.6 is 0 Å². The second kappa shape index (κ2) is 6.16. The lowest BCUT2D eigenvalue weighted by atomic mass is 10.1. The third kappa shape index (κ3) is 3.42. The van der Waals surface area contributed by atoms with Gasteiger partial charge in [0.15, 0.2) is 0 Å². The van der Waals surface area contributed by atoms with Gasteiger partial charge in [0.2, 0.25) is 0 Å². The Kier molecular flexibility index (Phi) is 4.31. The zero-order chi connectivity index (χ0) is 13.7. The standard InChI is InChI=1S/C16H18N2O/c1-18(16(19)15-8-3-2-4-9-15)12-14-7-5-6-13(10-14)11-17/h2-10H,11-12,17H2,1H3. The van der Waals surface area contributed by atoms with Gasteiger partial charge in [-0.1, -0.05) is 42.5 Å². The van der Waals surface area contributed by atoms with Crippen LogP contribution in [-0.2, 0) is 13.1 Å². The zero-order valence-electron chi connectivity index (χ0n) is 11.0. The van der Waals surface area contributed by atoms with E-state index in [0.29, 0.717) is 18.7 Å². The highest BCUT2D eigenvalue weighted by Crippen LogP contribution is 2.10. The van der Waals surface area contributed by atoms with E-state index in [1.165, 1.54) is 0 Å². The summed E-state index contributed by atoms with van der Waals surface area (Å²) in [5.74, 6) is 0.0266. The van der Waals surface area contributed by atoms with Crippen molar-refractivity contribution in [2.45, 2.75) is 13.1 Å². The summed E-state index contributed by atoms with van der Waals surface area (Å²) in [5, 5.41) is 0. The van der Waals surface area contributed by atoms with Crippen LogP contribution in [0.15, 0.2) is 54.6 Å². The molecule has 98 valence electrons. The number of hydrogen-bond acceptors (Lipinski definition) is 2. The summed E-state index contributed by atoms with van der Waals surface area (Å²) in [6, 6.07) is 17.3. The van der Waals surface area contributed by atoms with E-state index in [1.807, 2.05) is 61.6 Å².